The van der Waals surface area contributed by atoms with Gasteiger partial charge in [-0.25, -0.2) is 0 Å². The molecule has 0 saturated carbocycles. The molecule has 0 aliphatic carbocycles. The maximum Gasteiger partial charge on any atom is 0.309 e. The van der Waals surface area contributed by atoms with Gasteiger partial charge in [0.25, 0.3) is 0 Å². The van der Waals surface area contributed by atoms with Gasteiger partial charge in [-0.3, -0.25) is 4.79 Å². The van der Waals surface area contributed by atoms with E-state index in [4.69, 9.17) is 16.9 Å². The Morgan fingerprint density at radius 2 is 2.11 bits per heavy atom. The number of carboxylic acid groups (broad SMARTS) is 1. The Bertz CT molecular complexity index is 543. The van der Waals surface area contributed by atoms with Crippen molar-refractivity contribution in [1.82, 2.24) is 0 Å². The van der Waals surface area contributed by atoms with Crippen LogP contribution in [0.3, 0.4) is 0 Å². The average Bonchev–Trinajstić information content (AvgIpc) is 2.39. The molecule has 2 rings (SSSR count). The minimum absolute atomic E-state index is 0.437. The van der Waals surface area contributed by atoms with Gasteiger partial charge in [-0.05, 0) is 31.9 Å². The molecule has 5 heteroatoms. The molecule has 1 aromatic carbocycles. The number of halogens is 1. The van der Waals surface area contributed by atoms with Crippen molar-refractivity contribution in [2.75, 3.05) is 18.0 Å². The first-order valence-corrected chi connectivity index (χ1v) is 6.53. The first-order chi connectivity index (χ1) is 8.98. The van der Waals surface area contributed by atoms with Crippen LogP contribution >= 0.6 is 11.6 Å². The smallest absolute Gasteiger partial charge is 0.309 e. The number of benzene rings is 1. The second-order valence-corrected chi connectivity index (χ2v) is 5.51. The van der Waals surface area contributed by atoms with Crippen LogP contribution in [0.1, 0.15) is 25.3 Å². The number of aliphatic carboxylic acids is 1. The Labute approximate surface area is 117 Å². The number of carbonyl (C=O) groups is 1. The number of carboxylic acids is 1. The minimum atomic E-state index is -0.751. The number of hydrogen-bond acceptors (Lipinski definition) is 3. The summed E-state index contributed by atoms with van der Waals surface area (Å²) >= 11 is 6.01. The molecular weight excluding hydrogens is 264 g/mol. The Balaban J connectivity index is 2.22. The van der Waals surface area contributed by atoms with Gasteiger partial charge in [-0.2, -0.15) is 5.26 Å². The van der Waals surface area contributed by atoms with Gasteiger partial charge in [0.2, 0.25) is 0 Å². The summed E-state index contributed by atoms with van der Waals surface area (Å²) in [5.41, 5.74) is 0.590. The molecule has 0 radical (unpaired) electrons. The maximum atomic E-state index is 11.2. The number of piperidine rings is 1. The quantitative estimate of drug-likeness (QED) is 0.903. The summed E-state index contributed by atoms with van der Waals surface area (Å²) in [6, 6.07) is 7.47. The summed E-state index contributed by atoms with van der Waals surface area (Å²) in [7, 11) is 0. The Morgan fingerprint density at radius 3 is 2.63 bits per heavy atom. The zero-order valence-electron chi connectivity index (χ0n) is 10.7. The molecule has 19 heavy (non-hydrogen) atoms. The summed E-state index contributed by atoms with van der Waals surface area (Å²) < 4.78 is 0. The van der Waals surface area contributed by atoms with Crippen LogP contribution in [-0.4, -0.2) is 24.2 Å². The van der Waals surface area contributed by atoms with E-state index in [0.29, 0.717) is 36.5 Å². The number of hydrogen-bond donors (Lipinski definition) is 1. The highest BCUT2D eigenvalue weighted by molar-refractivity contribution is 6.32. The summed E-state index contributed by atoms with van der Waals surface area (Å²) in [5.74, 6) is -0.751. The van der Waals surface area contributed by atoms with E-state index in [1.807, 2.05) is 17.0 Å². The molecule has 1 saturated heterocycles. The van der Waals surface area contributed by atoms with Gasteiger partial charge >= 0.3 is 5.97 Å². The van der Waals surface area contributed by atoms with E-state index in [1.54, 1.807) is 13.0 Å². The lowest BCUT2D eigenvalue weighted by Crippen LogP contribution is -2.43. The zero-order chi connectivity index (χ0) is 14.0. The fourth-order valence-corrected chi connectivity index (χ4v) is 2.55. The molecule has 4 nitrogen and oxygen atoms in total. The Morgan fingerprint density at radius 1 is 1.47 bits per heavy atom. The summed E-state index contributed by atoms with van der Waals surface area (Å²) in [5, 5.41) is 18.8. The van der Waals surface area contributed by atoms with Gasteiger partial charge < -0.3 is 10.0 Å². The lowest BCUT2D eigenvalue weighted by molar-refractivity contribution is -0.149. The third-order valence-corrected chi connectivity index (χ3v) is 4.14. The van der Waals surface area contributed by atoms with Crippen LogP contribution in [0.15, 0.2) is 18.2 Å². The van der Waals surface area contributed by atoms with Gasteiger partial charge in [0.1, 0.15) is 6.07 Å². The first-order valence-electron chi connectivity index (χ1n) is 6.15. The topological polar surface area (TPSA) is 64.3 Å². The standard InChI is InChI=1S/C14H15ClN2O2/c1-14(13(18)19)5-7-17(8-6-14)12-4-2-3-11(15)10(12)9-16/h2-4H,5-8H2,1H3,(H,18,19). The van der Waals surface area contributed by atoms with Crippen molar-refractivity contribution >= 4 is 23.3 Å². The fraction of sp³-hybridized carbons (Fsp3) is 0.429. The third-order valence-electron chi connectivity index (χ3n) is 3.83. The predicted molar refractivity (Wildman–Crippen MR) is 73.4 cm³/mol. The van der Waals surface area contributed by atoms with Crippen LogP contribution in [0.4, 0.5) is 5.69 Å². The van der Waals surface area contributed by atoms with Crippen molar-refractivity contribution in [1.29, 1.82) is 5.26 Å². The van der Waals surface area contributed by atoms with Crippen molar-refractivity contribution in [3.05, 3.63) is 28.8 Å². The number of nitrogens with zero attached hydrogens (tertiary/aromatic N) is 2. The van der Waals surface area contributed by atoms with Gasteiger partial charge in [0, 0.05) is 13.1 Å². The summed E-state index contributed by atoms with van der Waals surface area (Å²) in [6.45, 7) is 3.02. The predicted octanol–water partition coefficient (Wildman–Crippen LogP) is 2.90. The van der Waals surface area contributed by atoms with Crippen LogP contribution in [0.2, 0.25) is 5.02 Å². The lowest BCUT2D eigenvalue weighted by Gasteiger charge is -2.38. The largest absolute Gasteiger partial charge is 0.481 e. The molecule has 1 aliphatic heterocycles. The normalized spacial score (nSPS) is 17.8. The molecule has 0 unspecified atom stereocenters. The fourth-order valence-electron chi connectivity index (χ4n) is 2.34. The average molecular weight is 279 g/mol. The molecule has 0 bridgehead atoms. The van der Waals surface area contributed by atoms with Crippen molar-refractivity contribution < 1.29 is 9.90 Å². The van der Waals surface area contributed by atoms with Crippen molar-refractivity contribution in [3.8, 4) is 6.07 Å². The molecule has 0 spiro atoms. The van der Waals surface area contributed by atoms with E-state index in [-0.39, 0.29) is 0 Å². The van der Waals surface area contributed by atoms with Crippen molar-refractivity contribution in [3.63, 3.8) is 0 Å². The third kappa shape index (κ3) is 2.52. The second kappa shape index (κ2) is 5.10. The molecular formula is C14H15ClN2O2. The molecule has 0 aromatic heterocycles. The molecule has 1 fully saturated rings. The maximum absolute atomic E-state index is 11.2. The SMILES string of the molecule is CC1(C(=O)O)CCN(c2cccc(Cl)c2C#N)CC1. The van der Waals surface area contributed by atoms with E-state index < -0.39 is 11.4 Å². The van der Waals surface area contributed by atoms with Gasteiger partial charge in [-0.1, -0.05) is 17.7 Å². The summed E-state index contributed by atoms with van der Waals surface area (Å²) in [6.07, 6.45) is 1.14. The lowest BCUT2D eigenvalue weighted by atomic mass is 9.80. The molecule has 1 heterocycles. The summed E-state index contributed by atoms with van der Waals surface area (Å²) in [4.78, 5) is 13.2. The van der Waals surface area contributed by atoms with Gasteiger partial charge in [0.05, 0.1) is 21.7 Å². The highest BCUT2D eigenvalue weighted by Gasteiger charge is 2.37. The molecule has 0 amide bonds. The molecule has 0 atom stereocenters. The van der Waals surface area contributed by atoms with E-state index in [2.05, 4.69) is 6.07 Å². The van der Waals surface area contributed by atoms with E-state index >= 15 is 0 Å². The van der Waals surface area contributed by atoms with Crippen molar-refractivity contribution in [2.24, 2.45) is 5.41 Å². The van der Waals surface area contributed by atoms with Crippen LogP contribution < -0.4 is 4.90 Å². The van der Waals surface area contributed by atoms with E-state index in [0.717, 1.165) is 5.69 Å². The van der Waals surface area contributed by atoms with Crippen molar-refractivity contribution in [2.45, 2.75) is 19.8 Å². The number of rotatable bonds is 2. The van der Waals surface area contributed by atoms with E-state index in [1.165, 1.54) is 0 Å². The van der Waals surface area contributed by atoms with Crippen LogP contribution in [0.5, 0.6) is 0 Å². The zero-order valence-corrected chi connectivity index (χ0v) is 11.4. The molecule has 1 N–H and O–H groups in total. The van der Waals surface area contributed by atoms with E-state index in [9.17, 15) is 9.90 Å². The number of nitriles is 1. The second-order valence-electron chi connectivity index (χ2n) is 5.10. The van der Waals surface area contributed by atoms with Crippen LogP contribution in [0.25, 0.3) is 0 Å². The van der Waals surface area contributed by atoms with Gasteiger partial charge in [0.15, 0.2) is 0 Å². The molecule has 1 aliphatic rings. The molecule has 1 aromatic rings. The Hall–Kier alpha value is -1.73. The highest BCUT2D eigenvalue weighted by Crippen LogP contribution is 2.35. The number of anilines is 1. The monoisotopic (exact) mass is 278 g/mol. The first kappa shape index (κ1) is 13.7. The highest BCUT2D eigenvalue weighted by atomic mass is 35.5. The Kier molecular flexibility index (Phi) is 3.68. The minimum Gasteiger partial charge on any atom is -0.481 e. The van der Waals surface area contributed by atoms with Crippen LogP contribution in [0, 0.1) is 16.7 Å². The van der Waals surface area contributed by atoms with Gasteiger partial charge in [-0.15, -0.1) is 0 Å². The van der Waals surface area contributed by atoms with Crippen LogP contribution in [-0.2, 0) is 4.79 Å². The molecule has 100 valence electrons.